The second kappa shape index (κ2) is 9.48. The average Bonchev–Trinajstić information content (AvgIpc) is 3.00. The molecular formula is C22H23FN2O2. The van der Waals surface area contributed by atoms with Gasteiger partial charge in [0.05, 0.1) is 35.8 Å². The fraction of sp³-hybridized carbons (Fsp3) is 0.182. The van der Waals surface area contributed by atoms with E-state index in [1.54, 1.807) is 0 Å². The molecule has 3 rings (SSSR count). The van der Waals surface area contributed by atoms with Crippen LogP contribution in [0.3, 0.4) is 0 Å². The number of hydrogen-bond donors (Lipinski definition) is 2. The lowest BCUT2D eigenvalue weighted by molar-refractivity contribution is 0.284. The number of halogens is 1. The topological polar surface area (TPSA) is 42.5 Å². The first-order chi connectivity index (χ1) is 22.5. The van der Waals surface area contributed by atoms with Crippen molar-refractivity contribution in [1.29, 1.82) is 0 Å². The van der Waals surface area contributed by atoms with Gasteiger partial charge in [0.2, 0.25) is 0 Å². The first-order valence-corrected chi connectivity index (χ1v) is 6.90. The third-order valence-electron chi connectivity index (χ3n) is 2.56. The zero-order valence-electron chi connectivity index (χ0n) is 36.1. The molecule has 0 amide bonds. The maximum absolute atomic E-state index is 14.4. The Hall–Kier alpha value is -3.21. The van der Waals surface area contributed by atoms with Gasteiger partial charge in [-0.2, -0.15) is 0 Å². The highest BCUT2D eigenvalue weighted by molar-refractivity contribution is 5.55. The number of benzene rings is 3. The van der Waals surface area contributed by atoms with Crippen molar-refractivity contribution in [2.24, 2.45) is 0 Å². The molecule has 0 aliphatic carbocycles. The fourth-order valence-electron chi connectivity index (χ4n) is 1.50. The van der Waals surface area contributed by atoms with Gasteiger partial charge < -0.3 is 20.1 Å². The van der Waals surface area contributed by atoms with Crippen molar-refractivity contribution in [2.45, 2.75) is 6.56 Å². The smallest absolute Gasteiger partial charge is 0.163 e. The van der Waals surface area contributed by atoms with Gasteiger partial charge in [-0.25, -0.2) is 4.39 Å². The number of rotatable bonds is 9. The van der Waals surface area contributed by atoms with Crippen LogP contribution in [0, 0.1) is 5.82 Å². The van der Waals surface area contributed by atoms with Gasteiger partial charge in [-0.15, -0.1) is 0 Å². The highest BCUT2D eigenvalue weighted by atomic mass is 19.1. The van der Waals surface area contributed by atoms with Crippen LogP contribution < -0.4 is 20.1 Å². The second-order valence-corrected chi connectivity index (χ2v) is 4.30. The monoisotopic (exact) mass is 389 g/mol. The summed E-state index contributed by atoms with van der Waals surface area (Å²) in [5.74, 6) is -4.68. The van der Waals surface area contributed by atoms with Crippen molar-refractivity contribution in [3.8, 4) is 11.5 Å². The summed E-state index contributed by atoms with van der Waals surface area (Å²) in [7, 11) is -3.52. The Morgan fingerprint density at radius 3 is 2.52 bits per heavy atom. The van der Waals surface area contributed by atoms with Crippen LogP contribution in [0.4, 0.5) is 15.8 Å². The summed E-state index contributed by atoms with van der Waals surface area (Å²) < 4.78 is 209. The predicted molar refractivity (Wildman–Crippen MR) is 107 cm³/mol. The maximum atomic E-state index is 14.4. The highest BCUT2D eigenvalue weighted by Crippen LogP contribution is 2.30. The molecule has 4 nitrogen and oxygen atoms in total. The van der Waals surface area contributed by atoms with Gasteiger partial charge in [-0.3, -0.25) is 0 Å². The predicted octanol–water partition coefficient (Wildman–Crippen LogP) is 4.94. The van der Waals surface area contributed by atoms with Crippen LogP contribution in [0.2, 0.25) is 2.82 Å². The van der Waals surface area contributed by atoms with E-state index in [2.05, 4.69) is 4.74 Å². The molecule has 27 heavy (non-hydrogen) atoms. The summed E-state index contributed by atoms with van der Waals surface area (Å²) in [5, 5.41) is -1.23. The molecule has 3 aromatic carbocycles. The molecule has 5 heteroatoms. The highest BCUT2D eigenvalue weighted by Gasteiger charge is 2.06. The molecule has 0 aromatic heterocycles. The van der Waals surface area contributed by atoms with E-state index < -0.39 is 144 Å². The minimum atomic E-state index is -4.06. The van der Waals surface area contributed by atoms with Crippen LogP contribution in [-0.2, 0) is 6.56 Å². The van der Waals surface area contributed by atoms with E-state index in [9.17, 15) is 4.39 Å². The summed E-state index contributed by atoms with van der Waals surface area (Å²) in [6.45, 7) is -11.7. The molecule has 3 aromatic rings. The number of hydrogen-bond acceptors (Lipinski definition) is 4. The Bertz CT molecular complexity index is 1810. The summed E-state index contributed by atoms with van der Waals surface area (Å²) >= 11 is 0. The minimum absolute atomic E-state index is 0.602. The minimum Gasteiger partial charge on any atom is -0.493 e. The molecule has 2 N–H and O–H groups in total. The molecule has 0 saturated heterocycles. The van der Waals surface area contributed by atoms with Crippen LogP contribution in [-0.4, -0.2) is 20.0 Å². The molecular weight excluding hydrogens is 343 g/mol. The van der Waals surface area contributed by atoms with Gasteiger partial charge in [0.25, 0.3) is 0 Å². The summed E-state index contributed by atoms with van der Waals surface area (Å²) in [4.78, 5) is 0. The van der Waals surface area contributed by atoms with Gasteiger partial charge in [0, 0.05) is 30.4 Å². The number of anilines is 2. The maximum Gasteiger partial charge on any atom is 0.163 e. The molecule has 0 atom stereocenters. The van der Waals surface area contributed by atoms with E-state index in [4.69, 9.17) is 36.3 Å². The van der Waals surface area contributed by atoms with Crippen molar-refractivity contribution in [2.75, 3.05) is 30.7 Å². The van der Waals surface area contributed by atoms with E-state index in [1.807, 2.05) is 0 Å². The van der Waals surface area contributed by atoms with Gasteiger partial charge in [0.15, 0.2) is 14.3 Å². The van der Waals surface area contributed by atoms with Gasteiger partial charge in [-0.05, 0) is 35.8 Å². The Morgan fingerprint density at radius 2 is 1.74 bits per heavy atom. The zero-order valence-corrected chi connectivity index (χ0v) is 13.1. The number of ether oxygens (including phenoxy) is 2. The second-order valence-electron chi connectivity index (χ2n) is 4.30. The largest absolute Gasteiger partial charge is 0.493 e. The molecule has 0 fully saturated rings. The third-order valence-corrected chi connectivity index (χ3v) is 2.56. The van der Waals surface area contributed by atoms with Crippen molar-refractivity contribution in [1.82, 2.24) is 0 Å². The Balaban J connectivity index is 2.33. The molecule has 0 bridgehead atoms. The van der Waals surface area contributed by atoms with Crippen LogP contribution in [0.25, 0.3) is 0 Å². The number of methoxy groups -OCH3 is 1. The SMILES string of the molecule is [2H]c1c([2H])c([2H])c(C([2H])([2H])Oc2c([2H])c(N([2H])C([2H])([2H])C([2H])([2H])N([2H])c3c([2H])c([2H])c([2H])c(F)c3[2H])c([2H])c([2H])c2OC([2H])([2H])[2H])c([2H])c1[2H]. The molecule has 0 aliphatic heterocycles. The van der Waals surface area contributed by atoms with E-state index in [1.165, 1.54) is 0 Å². The fourth-order valence-corrected chi connectivity index (χ4v) is 1.50. The normalized spacial score (nSPS) is 24.6. The lowest BCUT2D eigenvalue weighted by Crippen LogP contribution is -2.13. The van der Waals surface area contributed by atoms with Crippen LogP contribution in [0.1, 0.15) is 34.3 Å². The first-order valence-electron chi connectivity index (χ1n) is 18.3. The summed E-state index contributed by atoms with van der Waals surface area (Å²) in [6, 6.07) is -15.0. The van der Waals surface area contributed by atoms with E-state index in [0.717, 1.165) is 0 Å². The third kappa shape index (κ3) is 5.64. The molecule has 140 valence electrons. The lowest BCUT2D eigenvalue weighted by Gasteiger charge is -2.14. The van der Waals surface area contributed by atoms with Gasteiger partial charge in [0.1, 0.15) is 12.4 Å². The molecule has 0 spiro atoms. The Labute approximate surface area is 191 Å². The summed E-state index contributed by atoms with van der Waals surface area (Å²) in [5.41, 5.74) is -4.06. The van der Waals surface area contributed by atoms with Gasteiger partial charge >= 0.3 is 0 Å². The molecule has 0 aliphatic rings. The van der Waals surface area contributed by atoms with Crippen molar-refractivity contribution < 1.29 is 45.5 Å². The average molecular weight is 390 g/mol. The van der Waals surface area contributed by atoms with Crippen LogP contribution >= 0.6 is 0 Å². The van der Waals surface area contributed by atoms with E-state index in [-0.39, 0.29) is 0 Å². The molecule has 0 heterocycles. The summed E-state index contributed by atoms with van der Waals surface area (Å²) in [6.07, 6.45) is 0. The standard InChI is InChI=1S/C22H23FN2O2/c1-26-21-11-10-20(15-22(21)27-16-17-6-3-2-4-7-17)25-13-12-24-19-9-5-8-18(23)14-19/h2-11,14-15,24-25H,12-13,16H2,1H3/i1D3,2D,3D,4D,5D,6D,7D,8D,9D,10D,11D,12D2,13D2,14D,15D,16D2/hD2. The van der Waals surface area contributed by atoms with Gasteiger partial charge in [-0.1, -0.05) is 36.3 Å². The van der Waals surface area contributed by atoms with Crippen molar-refractivity contribution >= 4 is 11.4 Å². The van der Waals surface area contributed by atoms with Crippen molar-refractivity contribution in [3.05, 3.63) is 83.9 Å². The molecule has 0 unspecified atom stereocenters. The number of nitrogens with one attached hydrogen (secondary N) is 2. The quantitative estimate of drug-likeness (QED) is 0.544. The zero-order chi connectivity index (χ0) is 39.0. The Kier molecular flexibility index (Phi) is 1.82. The van der Waals surface area contributed by atoms with Crippen molar-refractivity contribution in [3.63, 3.8) is 0 Å². The first kappa shape index (κ1) is 5.19. The van der Waals surface area contributed by atoms with E-state index >= 15 is 0 Å². The lowest BCUT2D eigenvalue weighted by atomic mass is 10.2. The van der Waals surface area contributed by atoms with Crippen LogP contribution in [0.5, 0.6) is 11.5 Å². The molecule has 0 radical (unpaired) electrons. The van der Waals surface area contributed by atoms with E-state index in [0.29, 0.717) is 0 Å². The molecule has 0 saturated carbocycles. The van der Waals surface area contributed by atoms with Crippen LogP contribution in [0.15, 0.2) is 72.5 Å². The Morgan fingerprint density at radius 1 is 0.963 bits per heavy atom.